The fourth-order valence-electron chi connectivity index (χ4n) is 1.49. The Morgan fingerprint density at radius 2 is 2.30 bits per heavy atom. The maximum atomic E-state index is 12.1. The Morgan fingerprint density at radius 3 is 3.00 bits per heavy atom. The van der Waals surface area contributed by atoms with Gasteiger partial charge >= 0.3 is 0 Å². The first kappa shape index (κ1) is 15.3. The molecule has 0 aliphatic rings. The monoisotopic (exact) mass is 369 g/mol. The smallest absolute Gasteiger partial charge is 0.262 e. The van der Waals surface area contributed by atoms with Gasteiger partial charge in [-0.15, -0.1) is 22.7 Å². The van der Waals surface area contributed by atoms with E-state index in [4.69, 9.17) is 5.11 Å². The molecule has 2 N–H and O–H groups in total. The lowest BCUT2D eigenvalue weighted by molar-refractivity contribution is 0.0955. The van der Waals surface area contributed by atoms with Crippen molar-refractivity contribution in [2.75, 3.05) is 6.61 Å². The molecular weight excluding hydrogens is 358 g/mol. The molecule has 0 saturated carbocycles. The minimum atomic E-state index is -0.113. The van der Waals surface area contributed by atoms with Crippen LogP contribution in [0.25, 0.3) is 0 Å². The van der Waals surface area contributed by atoms with Gasteiger partial charge in [-0.2, -0.15) is 0 Å². The molecule has 2 aromatic heterocycles. The van der Waals surface area contributed by atoms with Crippen molar-refractivity contribution < 1.29 is 9.90 Å². The van der Waals surface area contributed by atoms with Gasteiger partial charge in [-0.05, 0) is 33.4 Å². The lowest BCUT2D eigenvalue weighted by Gasteiger charge is -2.02. The minimum absolute atomic E-state index is 0.0337. The second-order valence-corrected chi connectivity index (χ2v) is 6.68. The van der Waals surface area contributed by atoms with Gasteiger partial charge in [0.2, 0.25) is 0 Å². The third-order valence-electron chi connectivity index (χ3n) is 2.38. The first-order valence-corrected chi connectivity index (χ1v) is 8.44. The van der Waals surface area contributed by atoms with E-state index in [0.717, 1.165) is 9.35 Å². The molecule has 6 heteroatoms. The van der Waals surface area contributed by atoms with E-state index in [9.17, 15) is 4.79 Å². The number of carbonyl (C=O) groups is 1. The van der Waals surface area contributed by atoms with Crippen LogP contribution in [-0.2, 0) is 6.54 Å². The molecule has 20 heavy (non-hydrogen) atoms. The van der Waals surface area contributed by atoms with Gasteiger partial charge in [-0.1, -0.05) is 11.8 Å². The summed E-state index contributed by atoms with van der Waals surface area (Å²) in [5, 5.41) is 15.4. The van der Waals surface area contributed by atoms with Gasteiger partial charge in [0.15, 0.2) is 0 Å². The summed E-state index contributed by atoms with van der Waals surface area (Å²) in [6.45, 7) is 0.544. The zero-order valence-corrected chi connectivity index (χ0v) is 13.7. The van der Waals surface area contributed by atoms with Crippen molar-refractivity contribution in [1.29, 1.82) is 0 Å². The number of hydrogen-bond donors (Lipinski definition) is 2. The normalized spacial score (nSPS) is 9.90. The van der Waals surface area contributed by atoms with Crippen molar-refractivity contribution in [1.82, 2.24) is 5.32 Å². The second-order valence-electron chi connectivity index (χ2n) is 3.85. The number of carbonyl (C=O) groups excluding carboxylic acids is 1. The lowest BCUT2D eigenvalue weighted by Crippen LogP contribution is -2.22. The van der Waals surface area contributed by atoms with E-state index in [1.54, 1.807) is 11.3 Å². The van der Waals surface area contributed by atoms with Crippen molar-refractivity contribution in [3.8, 4) is 11.8 Å². The van der Waals surface area contributed by atoms with Gasteiger partial charge in [0.25, 0.3) is 5.91 Å². The Hall–Kier alpha value is -1.13. The van der Waals surface area contributed by atoms with Crippen molar-refractivity contribution in [3.63, 3.8) is 0 Å². The first-order chi connectivity index (χ1) is 9.70. The van der Waals surface area contributed by atoms with Gasteiger partial charge in [-0.25, -0.2) is 0 Å². The molecule has 1 amide bonds. The number of halogens is 1. The molecule has 0 radical (unpaired) electrons. The zero-order valence-electron chi connectivity index (χ0n) is 10.5. The highest BCUT2D eigenvalue weighted by Crippen LogP contribution is 2.20. The molecule has 0 fully saturated rings. The fraction of sp³-hybridized carbons (Fsp3) is 0.214. The number of aliphatic hydroxyl groups is 1. The molecule has 3 nitrogen and oxygen atoms in total. The molecule has 0 saturated heterocycles. The van der Waals surface area contributed by atoms with Crippen molar-refractivity contribution >= 4 is 44.5 Å². The molecule has 2 rings (SSSR count). The summed E-state index contributed by atoms with van der Waals surface area (Å²) in [5.74, 6) is 5.63. The molecule has 2 heterocycles. The van der Waals surface area contributed by atoms with E-state index in [0.29, 0.717) is 23.4 Å². The average Bonchev–Trinajstić information content (AvgIpc) is 3.05. The van der Waals surface area contributed by atoms with Crippen molar-refractivity contribution in [2.24, 2.45) is 0 Å². The maximum absolute atomic E-state index is 12.1. The van der Waals surface area contributed by atoms with Crippen LogP contribution >= 0.6 is 38.6 Å². The summed E-state index contributed by atoms with van der Waals surface area (Å²) in [5.41, 5.74) is 0.716. The first-order valence-electron chi connectivity index (χ1n) is 5.89. The van der Waals surface area contributed by atoms with Crippen LogP contribution in [0.3, 0.4) is 0 Å². The number of nitrogens with one attached hydrogen (secondary N) is 1. The Morgan fingerprint density at radius 1 is 1.45 bits per heavy atom. The van der Waals surface area contributed by atoms with Crippen LogP contribution < -0.4 is 5.32 Å². The van der Waals surface area contributed by atoms with Crippen molar-refractivity contribution in [3.05, 3.63) is 42.7 Å². The van der Waals surface area contributed by atoms with Gasteiger partial charge in [0.1, 0.15) is 4.88 Å². The number of thiophene rings is 2. The molecule has 104 valence electrons. The summed E-state index contributed by atoms with van der Waals surface area (Å²) in [4.78, 5) is 13.8. The van der Waals surface area contributed by atoms with Gasteiger partial charge in [0, 0.05) is 26.7 Å². The van der Waals surface area contributed by atoms with Gasteiger partial charge in [0.05, 0.1) is 13.2 Å². The standard InChI is InChI=1S/C14H12BrNO2S2/c15-11-7-12(20-9-11)8-16-14(18)13-10(4-6-19-13)3-1-2-5-17/h4,6-7,9,17H,2,5,8H2,(H,16,18). The van der Waals surface area contributed by atoms with Crippen LogP contribution in [0.15, 0.2) is 27.4 Å². The summed E-state index contributed by atoms with van der Waals surface area (Å²) in [6, 6.07) is 3.81. The summed E-state index contributed by atoms with van der Waals surface area (Å²) >= 11 is 6.35. The van der Waals surface area contributed by atoms with Crippen LogP contribution in [0, 0.1) is 11.8 Å². The van der Waals surface area contributed by atoms with E-state index >= 15 is 0 Å². The number of aliphatic hydroxyl groups excluding tert-OH is 1. The third-order valence-corrected chi connectivity index (χ3v) is 4.99. The van der Waals surface area contributed by atoms with E-state index in [1.807, 2.05) is 22.9 Å². The summed E-state index contributed by atoms with van der Waals surface area (Å²) in [7, 11) is 0. The third kappa shape index (κ3) is 4.18. The Bertz CT molecular complexity index is 651. The van der Waals surface area contributed by atoms with Gasteiger partial charge < -0.3 is 10.4 Å². The summed E-state index contributed by atoms with van der Waals surface area (Å²) < 4.78 is 1.03. The SMILES string of the molecule is O=C(NCc1cc(Br)cs1)c1sccc1C#CCCO. The van der Waals surface area contributed by atoms with E-state index in [2.05, 4.69) is 33.1 Å². The molecule has 0 aromatic carbocycles. The molecule has 0 bridgehead atoms. The second kappa shape index (κ2) is 7.60. The van der Waals surface area contributed by atoms with Crippen LogP contribution in [0.4, 0.5) is 0 Å². The van der Waals surface area contributed by atoms with Crippen LogP contribution in [0.1, 0.15) is 26.5 Å². The molecule has 0 aliphatic carbocycles. The molecule has 0 unspecified atom stereocenters. The highest BCUT2D eigenvalue weighted by Gasteiger charge is 2.11. The topological polar surface area (TPSA) is 49.3 Å². The number of amides is 1. The molecular formula is C14H12BrNO2S2. The summed E-state index contributed by atoms with van der Waals surface area (Å²) in [6.07, 6.45) is 0.417. The minimum Gasteiger partial charge on any atom is -0.395 e. The molecule has 0 spiro atoms. The predicted octanol–water partition coefficient (Wildman–Crippen LogP) is 3.24. The zero-order chi connectivity index (χ0) is 14.4. The van der Waals surface area contributed by atoms with Crippen molar-refractivity contribution in [2.45, 2.75) is 13.0 Å². The lowest BCUT2D eigenvalue weighted by atomic mass is 10.2. The number of rotatable bonds is 4. The largest absolute Gasteiger partial charge is 0.395 e. The molecule has 2 aromatic rings. The van der Waals surface area contributed by atoms with Crippen LogP contribution in [0.5, 0.6) is 0 Å². The highest BCUT2D eigenvalue weighted by molar-refractivity contribution is 9.10. The van der Waals surface area contributed by atoms with E-state index in [1.165, 1.54) is 11.3 Å². The van der Waals surface area contributed by atoms with Crippen LogP contribution in [-0.4, -0.2) is 17.6 Å². The highest BCUT2D eigenvalue weighted by atomic mass is 79.9. The fourth-order valence-corrected chi connectivity index (χ4v) is 3.65. The maximum Gasteiger partial charge on any atom is 0.262 e. The molecule has 0 aliphatic heterocycles. The quantitative estimate of drug-likeness (QED) is 0.812. The Labute approximate surface area is 133 Å². The van der Waals surface area contributed by atoms with E-state index < -0.39 is 0 Å². The number of hydrogen-bond acceptors (Lipinski definition) is 4. The van der Waals surface area contributed by atoms with Crippen LogP contribution in [0.2, 0.25) is 0 Å². The average molecular weight is 370 g/mol. The van der Waals surface area contributed by atoms with Gasteiger partial charge in [-0.3, -0.25) is 4.79 Å². The van der Waals surface area contributed by atoms with E-state index in [-0.39, 0.29) is 12.5 Å². The molecule has 0 atom stereocenters. The Balaban J connectivity index is 1.99. The Kier molecular flexibility index (Phi) is 5.80. The predicted molar refractivity (Wildman–Crippen MR) is 86.1 cm³/mol.